The number of rotatable bonds is 3. The highest BCUT2D eigenvalue weighted by atomic mass is 19.1. The zero-order valence-electron chi connectivity index (χ0n) is 11.5. The van der Waals surface area contributed by atoms with Crippen LogP contribution in [0.3, 0.4) is 0 Å². The zero-order chi connectivity index (χ0) is 14.7. The SMILES string of the molecule is O=C(Cc1ccon1)N1CCN(c2ccc(F)cc2)CC1. The summed E-state index contributed by atoms with van der Waals surface area (Å²) in [6.07, 6.45) is 1.74. The van der Waals surface area contributed by atoms with Crippen molar-refractivity contribution in [2.45, 2.75) is 6.42 Å². The molecule has 3 rings (SSSR count). The van der Waals surface area contributed by atoms with Crippen molar-refractivity contribution in [3.63, 3.8) is 0 Å². The summed E-state index contributed by atoms with van der Waals surface area (Å²) in [4.78, 5) is 16.1. The van der Waals surface area contributed by atoms with Crippen molar-refractivity contribution in [2.24, 2.45) is 0 Å². The molecule has 1 saturated heterocycles. The summed E-state index contributed by atoms with van der Waals surface area (Å²) in [5, 5.41) is 3.75. The van der Waals surface area contributed by atoms with Gasteiger partial charge in [0.2, 0.25) is 5.91 Å². The van der Waals surface area contributed by atoms with Crippen LogP contribution in [0.25, 0.3) is 0 Å². The number of carbonyl (C=O) groups is 1. The maximum Gasteiger partial charge on any atom is 0.228 e. The van der Waals surface area contributed by atoms with Crippen LogP contribution >= 0.6 is 0 Å². The van der Waals surface area contributed by atoms with Crippen LogP contribution in [0, 0.1) is 5.82 Å². The average molecular weight is 289 g/mol. The molecule has 5 nitrogen and oxygen atoms in total. The van der Waals surface area contributed by atoms with E-state index in [2.05, 4.69) is 10.1 Å². The van der Waals surface area contributed by atoms with Crippen molar-refractivity contribution < 1.29 is 13.7 Å². The van der Waals surface area contributed by atoms with Crippen LogP contribution in [0.4, 0.5) is 10.1 Å². The monoisotopic (exact) mass is 289 g/mol. The van der Waals surface area contributed by atoms with E-state index in [1.54, 1.807) is 18.2 Å². The number of hydrogen-bond acceptors (Lipinski definition) is 4. The highest BCUT2D eigenvalue weighted by molar-refractivity contribution is 5.78. The van der Waals surface area contributed by atoms with Crippen molar-refractivity contribution in [2.75, 3.05) is 31.1 Å². The fourth-order valence-corrected chi connectivity index (χ4v) is 2.46. The van der Waals surface area contributed by atoms with Gasteiger partial charge < -0.3 is 14.3 Å². The standard InChI is InChI=1S/C15H16FN3O2/c16-12-1-3-14(4-2-12)18-6-8-19(9-7-18)15(20)11-13-5-10-21-17-13/h1-5,10H,6-9,11H2. The average Bonchev–Trinajstić information content (AvgIpc) is 3.01. The van der Waals surface area contributed by atoms with Gasteiger partial charge in [0.15, 0.2) is 0 Å². The Morgan fingerprint density at radius 1 is 1.14 bits per heavy atom. The van der Waals surface area contributed by atoms with E-state index in [0.717, 1.165) is 18.8 Å². The molecule has 1 aliphatic rings. The predicted molar refractivity (Wildman–Crippen MR) is 75.4 cm³/mol. The van der Waals surface area contributed by atoms with Gasteiger partial charge in [-0.15, -0.1) is 0 Å². The van der Waals surface area contributed by atoms with E-state index in [-0.39, 0.29) is 18.1 Å². The quantitative estimate of drug-likeness (QED) is 0.863. The molecule has 2 aromatic rings. The first kappa shape index (κ1) is 13.6. The van der Waals surface area contributed by atoms with Crippen LogP contribution in [-0.4, -0.2) is 42.1 Å². The van der Waals surface area contributed by atoms with E-state index in [4.69, 9.17) is 4.52 Å². The molecule has 1 aromatic carbocycles. The van der Waals surface area contributed by atoms with Gasteiger partial charge in [0, 0.05) is 37.9 Å². The van der Waals surface area contributed by atoms with Gasteiger partial charge in [-0.1, -0.05) is 5.16 Å². The number of nitrogens with zero attached hydrogens (tertiary/aromatic N) is 3. The van der Waals surface area contributed by atoms with Gasteiger partial charge in [0.25, 0.3) is 0 Å². The first-order chi connectivity index (χ1) is 10.2. The largest absolute Gasteiger partial charge is 0.368 e. The third-order valence-corrected chi connectivity index (χ3v) is 3.65. The maximum atomic E-state index is 12.9. The Balaban J connectivity index is 1.55. The molecule has 21 heavy (non-hydrogen) atoms. The number of amides is 1. The smallest absolute Gasteiger partial charge is 0.228 e. The molecule has 1 amide bonds. The van der Waals surface area contributed by atoms with Gasteiger partial charge in [0.1, 0.15) is 12.1 Å². The van der Waals surface area contributed by atoms with E-state index < -0.39 is 0 Å². The summed E-state index contributed by atoms with van der Waals surface area (Å²) in [6.45, 7) is 2.81. The summed E-state index contributed by atoms with van der Waals surface area (Å²) >= 11 is 0. The minimum atomic E-state index is -0.236. The van der Waals surface area contributed by atoms with Crippen LogP contribution in [0.15, 0.2) is 41.1 Å². The van der Waals surface area contributed by atoms with Crippen molar-refractivity contribution in [1.29, 1.82) is 0 Å². The Morgan fingerprint density at radius 2 is 1.86 bits per heavy atom. The molecular weight excluding hydrogens is 273 g/mol. The van der Waals surface area contributed by atoms with E-state index in [1.165, 1.54) is 18.4 Å². The van der Waals surface area contributed by atoms with Gasteiger partial charge in [-0.25, -0.2) is 4.39 Å². The molecule has 6 heteroatoms. The fourth-order valence-electron chi connectivity index (χ4n) is 2.46. The molecule has 0 atom stereocenters. The Kier molecular flexibility index (Phi) is 3.85. The molecule has 0 bridgehead atoms. The lowest BCUT2D eigenvalue weighted by atomic mass is 10.2. The molecule has 2 heterocycles. The van der Waals surface area contributed by atoms with Crippen LogP contribution in [0.5, 0.6) is 0 Å². The molecule has 1 aromatic heterocycles. The first-order valence-electron chi connectivity index (χ1n) is 6.90. The van der Waals surface area contributed by atoms with Gasteiger partial charge >= 0.3 is 0 Å². The molecule has 0 unspecified atom stereocenters. The Labute approximate surface area is 121 Å². The third kappa shape index (κ3) is 3.21. The zero-order valence-corrected chi connectivity index (χ0v) is 11.5. The second-order valence-corrected chi connectivity index (χ2v) is 5.01. The fraction of sp³-hybridized carbons (Fsp3) is 0.333. The summed E-state index contributed by atoms with van der Waals surface area (Å²) in [7, 11) is 0. The van der Waals surface area contributed by atoms with Gasteiger partial charge in [-0.3, -0.25) is 4.79 Å². The molecule has 1 aliphatic heterocycles. The lowest BCUT2D eigenvalue weighted by Gasteiger charge is -2.36. The predicted octanol–water partition coefficient (Wildman–Crippen LogP) is 1.70. The van der Waals surface area contributed by atoms with Crippen molar-refractivity contribution in [1.82, 2.24) is 10.1 Å². The molecule has 0 spiro atoms. The number of hydrogen-bond donors (Lipinski definition) is 0. The van der Waals surface area contributed by atoms with Crippen LogP contribution in [-0.2, 0) is 11.2 Å². The number of halogens is 1. The molecular formula is C15H16FN3O2. The molecule has 110 valence electrons. The minimum Gasteiger partial charge on any atom is -0.368 e. The molecule has 0 saturated carbocycles. The Hall–Kier alpha value is -2.37. The van der Waals surface area contributed by atoms with Gasteiger partial charge in [-0.05, 0) is 24.3 Å². The number of piperazine rings is 1. The summed E-state index contributed by atoms with van der Waals surface area (Å²) in [6, 6.07) is 8.14. The topological polar surface area (TPSA) is 49.6 Å². The summed E-state index contributed by atoms with van der Waals surface area (Å²) in [5.41, 5.74) is 1.64. The highest BCUT2D eigenvalue weighted by Gasteiger charge is 2.21. The van der Waals surface area contributed by atoms with Crippen LogP contribution < -0.4 is 4.90 Å². The van der Waals surface area contributed by atoms with E-state index in [0.29, 0.717) is 18.8 Å². The van der Waals surface area contributed by atoms with Gasteiger partial charge in [-0.2, -0.15) is 0 Å². The van der Waals surface area contributed by atoms with Crippen molar-refractivity contribution >= 4 is 11.6 Å². The number of anilines is 1. The second kappa shape index (κ2) is 5.95. The minimum absolute atomic E-state index is 0.0580. The van der Waals surface area contributed by atoms with E-state index in [1.807, 2.05) is 4.90 Å². The Bertz CT molecular complexity index is 590. The van der Waals surface area contributed by atoms with E-state index >= 15 is 0 Å². The number of carbonyl (C=O) groups excluding carboxylic acids is 1. The number of aromatic nitrogens is 1. The molecule has 0 radical (unpaired) electrons. The first-order valence-corrected chi connectivity index (χ1v) is 6.90. The highest BCUT2D eigenvalue weighted by Crippen LogP contribution is 2.17. The summed E-state index contributed by atoms with van der Waals surface area (Å²) < 4.78 is 17.6. The van der Waals surface area contributed by atoms with Crippen molar-refractivity contribution in [3.05, 3.63) is 48.1 Å². The lowest BCUT2D eigenvalue weighted by Crippen LogP contribution is -2.49. The van der Waals surface area contributed by atoms with Gasteiger partial charge in [0.05, 0.1) is 12.1 Å². The normalized spacial score (nSPS) is 15.3. The van der Waals surface area contributed by atoms with E-state index in [9.17, 15) is 9.18 Å². The Morgan fingerprint density at radius 3 is 2.48 bits per heavy atom. The molecule has 1 fully saturated rings. The number of benzene rings is 1. The third-order valence-electron chi connectivity index (χ3n) is 3.65. The van der Waals surface area contributed by atoms with Crippen LogP contribution in [0.1, 0.15) is 5.69 Å². The molecule has 0 aliphatic carbocycles. The van der Waals surface area contributed by atoms with Crippen LogP contribution in [0.2, 0.25) is 0 Å². The maximum absolute atomic E-state index is 12.9. The van der Waals surface area contributed by atoms with Crippen molar-refractivity contribution in [3.8, 4) is 0 Å². The molecule has 0 N–H and O–H groups in total. The second-order valence-electron chi connectivity index (χ2n) is 5.01. The lowest BCUT2D eigenvalue weighted by molar-refractivity contribution is -0.130. The summed E-state index contributed by atoms with van der Waals surface area (Å²) in [5.74, 6) is -0.178.